The van der Waals surface area contributed by atoms with Gasteiger partial charge in [-0.05, 0) is 0 Å². The first-order valence-corrected chi connectivity index (χ1v) is 7.79. The predicted molar refractivity (Wildman–Crippen MR) is 37.1 cm³/mol. The third-order valence-corrected chi connectivity index (χ3v) is 6.26. The summed E-state index contributed by atoms with van der Waals surface area (Å²) in [5, 5.41) is 0. The fourth-order valence-corrected chi connectivity index (χ4v) is 4.01. The predicted octanol–water partition coefficient (Wildman–Crippen LogP) is 2.77. The molecule has 0 aromatic heterocycles. The summed E-state index contributed by atoms with van der Waals surface area (Å²) in [4.78, 5) is 1.86. The van der Waals surface area contributed by atoms with Gasteiger partial charge in [0.1, 0.15) is 0 Å². The molecule has 0 fully saturated rings. The second-order valence-corrected chi connectivity index (χ2v) is 7.10. The van der Waals surface area contributed by atoms with Crippen molar-refractivity contribution >= 4 is 16.7 Å². The first-order valence-electron chi connectivity index (χ1n) is 3.45. The average molecular weight is 175 g/mol. The van der Waals surface area contributed by atoms with Gasteiger partial charge >= 0.3 is 56.6 Å². The van der Waals surface area contributed by atoms with Crippen LogP contribution < -0.4 is 0 Å². The Balaban J connectivity index is 2.92. The van der Waals surface area contributed by atoms with Crippen LogP contribution in [-0.2, 0) is 0 Å². The molecule has 0 atom stereocenters. The zero-order valence-electron chi connectivity index (χ0n) is 5.78. The van der Waals surface area contributed by atoms with Crippen LogP contribution in [0.1, 0.15) is 26.7 Å². The zero-order valence-corrected chi connectivity index (χ0v) is 8.21. The monoisotopic (exact) mass is 174 g/mol. The minimum atomic E-state index is -2.11. The minimum absolute atomic E-state index is 0.931. The molecule has 8 heavy (non-hydrogen) atoms. The van der Waals surface area contributed by atoms with Crippen LogP contribution in [0.2, 0.25) is 9.95 Å². The summed E-state index contributed by atoms with van der Waals surface area (Å²) >= 11 is -2.11. The molecule has 0 saturated heterocycles. The number of hydrogen-bond donors (Lipinski definition) is 0. The molecule has 0 rings (SSSR count). The molecule has 0 aromatic rings. The van der Waals surface area contributed by atoms with Gasteiger partial charge in [-0.1, -0.05) is 0 Å². The molecule has 0 aliphatic heterocycles. The molecule has 0 N–H and O–H groups in total. The first kappa shape index (κ1) is 8.57. The average Bonchev–Trinajstić information content (AvgIpc) is 1.68. The molecule has 0 spiro atoms. The van der Waals surface area contributed by atoms with Crippen LogP contribution in [0.15, 0.2) is 0 Å². The van der Waals surface area contributed by atoms with E-state index in [1.54, 1.807) is 0 Å². The molecular weight excluding hydrogens is 161 g/mol. The molecule has 0 amide bonds. The normalized spacial score (nSPS) is 9.38. The SMILES string of the molecule is CC[CH2][Ga]([F])[CH2]CC. The van der Waals surface area contributed by atoms with Crippen molar-refractivity contribution in [1.29, 1.82) is 0 Å². The van der Waals surface area contributed by atoms with E-state index in [2.05, 4.69) is 13.8 Å². The summed E-state index contributed by atoms with van der Waals surface area (Å²) in [7, 11) is 0. The third kappa shape index (κ3) is 4.72. The molecule has 0 bridgehead atoms. The summed E-state index contributed by atoms with van der Waals surface area (Å²) in [6.45, 7) is 4.13. The molecule has 0 aliphatic rings. The van der Waals surface area contributed by atoms with Gasteiger partial charge in [-0.25, -0.2) is 0 Å². The third-order valence-electron chi connectivity index (χ3n) is 1.20. The van der Waals surface area contributed by atoms with Gasteiger partial charge in [-0.3, -0.25) is 0 Å². The van der Waals surface area contributed by atoms with Crippen molar-refractivity contribution in [3.05, 3.63) is 0 Å². The van der Waals surface area contributed by atoms with E-state index in [1.165, 1.54) is 0 Å². The van der Waals surface area contributed by atoms with Crippen molar-refractivity contribution in [2.75, 3.05) is 0 Å². The Labute approximate surface area is 57.1 Å². The van der Waals surface area contributed by atoms with Gasteiger partial charge in [0.15, 0.2) is 0 Å². The van der Waals surface area contributed by atoms with Crippen LogP contribution in [0.25, 0.3) is 0 Å². The fraction of sp³-hybridized carbons (Fsp3) is 1.00. The van der Waals surface area contributed by atoms with Gasteiger partial charge < -0.3 is 0 Å². The molecule has 0 heterocycles. The van der Waals surface area contributed by atoms with Gasteiger partial charge in [0, 0.05) is 0 Å². The Hall–Kier alpha value is 0.566. The molecule has 0 aliphatic carbocycles. The topological polar surface area (TPSA) is 0 Å². The second kappa shape index (κ2) is 5.70. The quantitative estimate of drug-likeness (QED) is 0.576. The molecule has 0 nitrogen and oxygen atoms in total. The Morgan fingerprint density at radius 1 is 1.12 bits per heavy atom. The van der Waals surface area contributed by atoms with Crippen LogP contribution in [-0.4, -0.2) is 16.7 Å². The Kier molecular flexibility index (Phi) is 6.10. The number of halogens is 1. The van der Waals surface area contributed by atoms with E-state index in [1.807, 2.05) is 0 Å². The van der Waals surface area contributed by atoms with Crippen molar-refractivity contribution in [3.8, 4) is 0 Å². The standard InChI is InChI=1S/2C3H7.FH.Ga/c2*1-3-2;;/h2*1,3H2,2H3;1H;/q;;;+1/p-1. The Bertz CT molecular complexity index is 41.8. The first-order chi connectivity index (χ1) is 3.81. The molecule has 0 aromatic carbocycles. The van der Waals surface area contributed by atoms with E-state index < -0.39 is 16.7 Å². The van der Waals surface area contributed by atoms with Crippen molar-refractivity contribution in [3.63, 3.8) is 0 Å². The molecule has 2 heteroatoms. The summed E-state index contributed by atoms with van der Waals surface area (Å²) in [5.74, 6) is 0. The fourth-order valence-electron chi connectivity index (χ4n) is 0.771. The Morgan fingerprint density at radius 3 is 1.75 bits per heavy atom. The summed E-state index contributed by atoms with van der Waals surface area (Å²) < 4.78 is 12.6. The van der Waals surface area contributed by atoms with Gasteiger partial charge in [0.25, 0.3) is 0 Å². The van der Waals surface area contributed by atoms with Crippen LogP contribution in [0, 0.1) is 0 Å². The Morgan fingerprint density at radius 2 is 1.50 bits per heavy atom. The molecule has 0 saturated carbocycles. The molecular formula is C6H14FGa. The van der Waals surface area contributed by atoms with Crippen LogP contribution >= 0.6 is 0 Å². The van der Waals surface area contributed by atoms with Crippen molar-refractivity contribution < 1.29 is 3.29 Å². The van der Waals surface area contributed by atoms with Crippen LogP contribution in [0.3, 0.4) is 0 Å². The number of rotatable bonds is 4. The van der Waals surface area contributed by atoms with E-state index >= 15 is 0 Å². The summed E-state index contributed by atoms with van der Waals surface area (Å²) in [5.41, 5.74) is 0. The van der Waals surface area contributed by atoms with E-state index in [0.717, 1.165) is 22.8 Å². The van der Waals surface area contributed by atoms with Crippen molar-refractivity contribution in [1.82, 2.24) is 0 Å². The molecule has 0 unspecified atom stereocenters. The van der Waals surface area contributed by atoms with Crippen LogP contribution in [0.5, 0.6) is 0 Å². The zero-order chi connectivity index (χ0) is 6.41. The maximum atomic E-state index is 12.6. The van der Waals surface area contributed by atoms with Gasteiger partial charge in [-0.2, -0.15) is 0 Å². The van der Waals surface area contributed by atoms with Gasteiger partial charge in [0.2, 0.25) is 0 Å². The van der Waals surface area contributed by atoms with E-state index in [9.17, 15) is 3.29 Å². The van der Waals surface area contributed by atoms with Gasteiger partial charge in [0.05, 0.1) is 0 Å². The second-order valence-electron chi connectivity index (χ2n) is 2.17. The van der Waals surface area contributed by atoms with E-state index in [0.29, 0.717) is 0 Å². The van der Waals surface area contributed by atoms with E-state index in [-0.39, 0.29) is 0 Å². The van der Waals surface area contributed by atoms with Gasteiger partial charge in [-0.15, -0.1) is 0 Å². The summed E-state index contributed by atoms with van der Waals surface area (Å²) in [6, 6.07) is 0. The maximum absolute atomic E-state index is 12.6. The van der Waals surface area contributed by atoms with E-state index in [4.69, 9.17) is 0 Å². The van der Waals surface area contributed by atoms with Crippen molar-refractivity contribution in [2.24, 2.45) is 0 Å². The number of hydrogen-bond acceptors (Lipinski definition) is 0. The summed E-state index contributed by atoms with van der Waals surface area (Å²) in [6.07, 6.45) is 2.11. The van der Waals surface area contributed by atoms with Crippen molar-refractivity contribution in [2.45, 2.75) is 36.6 Å². The van der Waals surface area contributed by atoms with Crippen LogP contribution in [0.4, 0.5) is 3.29 Å². The molecule has 0 radical (unpaired) electrons. The molecule has 48 valence electrons.